The Hall–Kier alpha value is -1.18. The van der Waals surface area contributed by atoms with E-state index in [0.29, 0.717) is 23.4 Å². The van der Waals surface area contributed by atoms with E-state index in [-0.39, 0.29) is 0 Å². The highest BCUT2D eigenvalue weighted by Gasteiger charge is 2.28. The lowest BCUT2D eigenvalue weighted by molar-refractivity contribution is 0.111. The zero-order chi connectivity index (χ0) is 11.7. The van der Waals surface area contributed by atoms with Gasteiger partial charge in [-0.15, -0.1) is 0 Å². The van der Waals surface area contributed by atoms with Gasteiger partial charge in [-0.1, -0.05) is 26.8 Å². The lowest BCUT2D eigenvalue weighted by Gasteiger charge is -2.31. The van der Waals surface area contributed by atoms with Crippen molar-refractivity contribution in [3.05, 3.63) is 29.1 Å². The molecule has 1 heterocycles. The number of nitrogens with zero attached hydrogens (tertiary/aromatic N) is 1. The monoisotopic (exact) mass is 217 g/mol. The Kier molecular flexibility index (Phi) is 3.08. The van der Waals surface area contributed by atoms with Gasteiger partial charge in [0.1, 0.15) is 5.69 Å². The Labute approximate surface area is 97.1 Å². The number of fused-ring (bicyclic) bond motifs is 1. The molecule has 0 saturated heterocycles. The maximum absolute atomic E-state index is 10.8. The molecule has 1 aliphatic carbocycles. The van der Waals surface area contributed by atoms with Gasteiger partial charge < -0.3 is 0 Å². The van der Waals surface area contributed by atoms with Crippen LogP contribution in [0.4, 0.5) is 0 Å². The molecule has 2 heteroatoms. The standard InChI is InChI=1S/C14H19NO/c1-9(2)12-6-4-10(3)13-7-5-11(8-16)15-14(12)13/h5,7-10,12H,4,6H2,1-3H3. The summed E-state index contributed by atoms with van der Waals surface area (Å²) in [7, 11) is 0. The molecule has 0 N–H and O–H groups in total. The lowest BCUT2D eigenvalue weighted by Crippen LogP contribution is -2.19. The molecule has 2 rings (SSSR count). The van der Waals surface area contributed by atoms with Crippen molar-refractivity contribution in [1.29, 1.82) is 0 Å². The molecule has 0 aliphatic heterocycles. The molecule has 2 unspecified atom stereocenters. The molecule has 0 radical (unpaired) electrons. The second kappa shape index (κ2) is 4.36. The summed E-state index contributed by atoms with van der Waals surface area (Å²) in [6, 6.07) is 3.93. The minimum absolute atomic E-state index is 0.520. The summed E-state index contributed by atoms with van der Waals surface area (Å²) in [4.78, 5) is 15.3. The summed E-state index contributed by atoms with van der Waals surface area (Å²) < 4.78 is 0. The molecule has 2 atom stereocenters. The number of carbonyl (C=O) groups is 1. The predicted octanol–water partition coefficient (Wildman–Crippen LogP) is 3.53. The van der Waals surface area contributed by atoms with Crippen LogP contribution in [0.1, 0.15) is 67.2 Å². The highest BCUT2D eigenvalue weighted by atomic mass is 16.1. The van der Waals surface area contributed by atoms with E-state index < -0.39 is 0 Å². The Morgan fingerprint density at radius 3 is 2.75 bits per heavy atom. The van der Waals surface area contributed by atoms with Crippen molar-refractivity contribution in [3.63, 3.8) is 0 Å². The van der Waals surface area contributed by atoms with Crippen molar-refractivity contribution in [2.75, 3.05) is 0 Å². The smallest absolute Gasteiger partial charge is 0.168 e. The van der Waals surface area contributed by atoms with E-state index in [2.05, 4.69) is 31.8 Å². The third-order valence-electron chi connectivity index (χ3n) is 3.70. The molecular formula is C14H19NO. The topological polar surface area (TPSA) is 30.0 Å². The van der Waals surface area contributed by atoms with Crippen LogP contribution in [0.2, 0.25) is 0 Å². The molecule has 0 spiro atoms. The van der Waals surface area contributed by atoms with Crippen molar-refractivity contribution in [3.8, 4) is 0 Å². The highest BCUT2D eigenvalue weighted by molar-refractivity contribution is 5.71. The van der Waals surface area contributed by atoms with Gasteiger partial charge in [-0.05, 0) is 36.3 Å². The number of aldehydes is 1. The maximum Gasteiger partial charge on any atom is 0.168 e. The normalized spacial score (nSPS) is 24.2. The highest BCUT2D eigenvalue weighted by Crippen LogP contribution is 2.40. The van der Waals surface area contributed by atoms with Gasteiger partial charge in [-0.3, -0.25) is 4.79 Å². The minimum Gasteiger partial charge on any atom is -0.296 e. The first-order chi connectivity index (χ1) is 7.63. The number of hydrogen-bond acceptors (Lipinski definition) is 2. The van der Waals surface area contributed by atoms with Crippen molar-refractivity contribution in [2.45, 2.75) is 45.4 Å². The van der Waals surface area contributed by atoms with Crippen LogP contribution in [0, 0.1) is 5.92 Å². The zero-order valence-electron chi connectivity index (χ0n) is 10.2. The SMILES string of the molecule is CC1CCC(C(C)C)c2nc(C=O)ccc21. The molecule has 0 bridgehead atoms. The maximum atomic E-state index is 10.8. The molecular weight excluding hydrogens is 198 g/mol. The summed E-state index contributed by atoms with van der Waals surface area (Å²) in [6.07, 6.45) is 3.27. The molecule has 86 valence electrons. The number of pyridine rings is 1. The molecule has 0 amide bonds. The molecule has 2 nitrogen and oxygen atoms in total. The second-order valence-corrected chi connectivity index (χ2v) is 5.16. The van der Waals surface area contributed by atoms with Crippen molar-refractivity contribution >= 4 is 6.29 Å². The van der Waals surface area contributed by atoms with Crippen LogP contribution in [0.5, 0.6) is 0 Å². The van der Waals surface area contributed by atoms with E-state index in [1.165, 1.54) is 24.1 Å². The third-order valence-corrected chi connectivity index (χ3v) is 3.70. The van der Waals surface area contributed by atoms with Crippen LogP contribution in [-0.4, -0.2) is 11.3 Å². The summed E-state index contributed by atoms with van der Waals surface area (Å²) in [5.74, 6) is 1.70. The second-order valence-electron chi connectivity index (χ2n) is 5.16. The number of carbonyl (C=O) groups excluding carboxylic acids is 1. The lowest BCUT2D eigenvalue weighted by atomic mass is 9.76. The molecule has 0 saturated carbocycles. The Balaban J connectivity index is 2.48. The van der Waals surface area contributed by atoms with Gasteiger partial charge in [0.05, 0.1) is 0 Å². The van der Waals surface area contributed by atoms with Crippen molar-refractivity contribution < 1.29 is 4.79 Å². The molecule has 0 fully saturated rings. The van der Waals surface area contributed by atoms with Crippen LogP contribution in [0.3, 0.4) is 0 Å². The Morgan fingerprint density at radius 1 is 1.38 bits per heavy atom. The van der Waals surface area contributed by atoms with Gasteiger partial charge in [-0.25, -0.2) is 4.98 Å². The number of aromatic nitrogens is 1. The predicted molar refractivity (Wildman–Crippen MR) is 64.9 cm³/mol. The van der Waals surface area contributed by atoms with Crippen LogP contribution in [-0.2, 0) is 0 Å². The van der Waals surface area contributed by atoms with Crippen LogP contribution in [0.25, 0.3) is 0 Å². The summed E-state index contributed by atoms with van der Waals surface area (Å²) in [5, 5.41) is 0. The fraction of sp³-hybridized carbons (Fsp3) is 0.571. The van der Waals surface area contributed by atoms with Gasteiger partial charge >= 0.3 is 0 Å². The third kappa shape index (κ3) is 1.89. The van der Waals surface area contributed by atoms with E-state index in [1.807, 2.05) is 6.07 Å². The Bertz CT molecular complexity index is 398. The van der Waals surface area contributed by atoms with E-state index in [4.69, 9.17) is 0 Å². The van der Waals surface area contributed by atoms with Crippen LogP contribution < -0.4 is 0 Å². The van der Waals surface area contributed by atoms with Crippen LogP contribution >= 0.6 is 0 Å². The number of hydrogen-bond donors (Lipinski definition) is 0. The largest absolute Gasteiger partial charge is 0.296 e. The molecule has 1 aromatic heterocycles. The molecule has 1 aromatic rings. The molecule has 16 heavy (non-hydrogen) atoms. The fourth-order valence-electron chi connectivity index (χ4n) is 2.65. The van der Waals surface area contributed by atoms with Gasteiger partial charge in [0, 0.05) is 11.6 Å². The van der Waals surface area contributed by atoms with E-state index in [0.717, 1.165) is 6.29 Å². The summed E-state index contributed by atoms with van der Waals surface area (Å²) >= 11 is 0. The number of rotatable bonds is 2. The van der Waals surface area contributed by atoms with Gasteiger partial charge in [-0.2, -0.15) is 0 Å². The van der Waals surface area contributed by atoms with E-state index in [9.17, 15) is 4.79 Å². The average Bonchev–Trinajstić information content (AvgIpc) is 2.28. The van der Waals surface area contributed by atoms with Crippen LogP contribution in [0.15, 0.2) is 12.1 Å². The fourth-order valence-corrected chi connectivity index (χ4v) is 2.65. The summed E-state index contributed by atoms with van der Waals surface area (Å²) in [6.45, 7) is 6.72. The first-order valence-electron chi connectivity index (χ1n) is 6.09. The first kappa shape index (κ1) is 11.3. The quantitative estimate of drug-likeness (QED) is 0.709. The summed E-state index contributed by atoms with van der Waals surface area (Å²) in [5.41, 5.74) is 3.08. The van der Waals surface area contributed by atoms with E-state index in [1.54, 1.807) is 0 Å². The average molecular weight is 217 g/mol. The first-order valence-corrected chi connectivity index (χ1v) is 6.09. The van der Waals surface area contributed by atoms with Gasteiger partial charge in [0.15, 0.2) is 6.29 Å². The molecule has 1 aliphatic rings. The Morgan fingerprint density at radius 2 is 2.12 bits per heavy atom. The molecule has 0 aromatic carbocycles. The van der Waals surface area contributed by atoms with Crippen molar-refractivity contribution in [1.82, 2.24) is 4.98 Å². The zero-order valence-corrected chi connectivity index (χ0v) is 10.2. The minimum atomic E-state index is 0.520. The van der Waals surface area contributed by atoms with Gasteiger partial charge in [0.25, 0.3) is 0 Å². The van der Waals surface area contributed by atoms with Crippen molar-refractivity contribution in [2.24, 2.45) is 5.92 Å². The van der Waals surface area contributed by atoms with Gasteiger partial charge in [0.2, 0.25) is 0 Å². The van der Waals surface area contributed by atoms with E-state index >= 15 is 0 Å².